The molecule has 1 amide bonds. The van der Waals surface area contributed by atoms with E-state index in [0.29, 0.717) is 28.0 Å². The third-order valence-corrected chi connectivity index (χ3v) is 4.89. The Hall–Kier alpha value is -2.82. The lowest BCUT2D eigenvalue weighted by Gasteiger charge is -2.06. The molecule has 1 aliphatic heterocycles. The minimum Gasteiger partial charge on any atom is -0.505 e. The summed E-state index contributed by atoms with van der Waals surface area (Å²) in [4.78, 5) is 12.4. The van der Waals surface area contributed by atoms with Gasteiger partial charge in [0.1, 0.15) is 5.82 Å². The SMILES string of the molecule is O=C1Nc2ccc(-c3cccc(F)c3)cc2/C1=C/c1cc(Cl)c(O)c(Cl)c1. The summed E-state index contributed by atoms with van der Waals surface area (Å²) in [5, 5.41) is 12.7. The number of halogens is 3. The van der Waals surface area contributed by atoms with Crippen LogP contribution in [0.15, 0.2) is 54.6 Å². The van der Waals surface area contributed by atoms with Gasteiger partial charge in [0.25, 0.3) is 5.91 Å². The average molecular weight is 400 g/mol. The molecular weight excluding hydrogens is 388 g/mol. The molecule has 134 valence electrons. The highest BCUT2D eigenvalue weighted by Crippen LogP contribution is 2.38. The lowest BCUT2D eigenvalue weighted by atomic mass is 9.98. The van der Waals surface area contributed by atoms with Gasteiger partial charge in [-0.2, -0.15) is 0 Å². The predicted molar refractivity (Wildman–Crippen MR) is 106 cm³/mol. The third kappa shape index (κ3) is 3.29. The first-order chi connectivity index (χ1) is 12.9. The average Bonchev–Trinajstić information content (AvgIpc) is 2.94. The number of amides is 1. The number of phenolic OH excluding ortho intramolecular Hbond substituents is 1. The van der Waals surface area contributed by atoms with Gasteiger partial charge in [-0.15, -0.1) is 0 Å². The van der Waals surface area contributed by atoms with Gasteiger partial charge in [-0.1, -0.05) is 41.4 Å². The van der Waals surface area contributed by atoms with Crippen LogP contribution in [0.2, 0.25) is 10.0 Å². The van der Waals surface area contributed by atoms with Crippen molar-refractivity contribution < 1.29 is 14.3 Å². The van der Waals surface area contributed by atoms with E-state index in [0.717, 1.165) is 5.56 Å². The van der Waals surface area contributed by atoms with Crippen molar-refractivity contribution in [1.82, 2.24) is 0 Å². The zero-order valence-corrected chi connectivity index (χ0v) is 15.3. The molecule has 3 nitrogen and oxygen atoms in total. The Morgan fingerprint density at radius 1 is 0.963 bits per heavy atom. The molecule has 3 aromatic carbocycles. The van der Waals surface area contributed by atoms with Gasteiger partial charge in [0.15, 0.2) is 5.75 Å². The predicted octanol–water partition coefficient (Wildman–Crippen LogP) is 6.00. The summed E-state index contributed by atoms with van der Waals surface area (Å²) in [5.41, 5.74) is 3.88. The standard InChI is InChI=1S/C21H12Cl2FNO2/c22-17-7-11(8-18(23)20(17)26)6-16-15-10-13(4-5-19(15)25-21(16)27)12-2-1-3-14(24)9-12/h1-10,26H,(H,25,27)/b16-6-. The molecule has 4 rings (SSSR count). The van der Waals surface area contributed by atoms with Crippen molar-refractivity contribution in [2.45, 2.75) is 0 Å². The molecule has 0 saturated heterocycles. The topological polar surface area (TPSA) is 49.3 Å². The molecule has 0 aliphatic carbocycles. The molecule has 0 saturated carbocycles. The quantitative estimate of drug-likeness (QED) is 0.519. The van der Waals surface area contributed by atoms with E-state index in [1.54, 1.807) is 24.3 Å². The van der Waals surface area contributed by atoms with Gasteiger partial charge in [0.05, 0.1) is 10.0 Å². The number of carbonyl (C=O) groups is 1. The number of hydrogen-bond acceptors (Lipinski definition) is 2. The van der Waals surface area contributed by atoms with Gasteiger partial charge in [-0.3, -0.25) is 4.79 Å². The Labute approximate surface area is 164 Å². The van der Waals surface area contributed by atoms with Crippen LogP contribution in [0.25, 0.3) is 22.8 Å². The second-order valence-electron chi connectivity index (χ2n) is 6.12. The molecule has 3 aromatic rings. The number of anilines is 1. The number of nitrogens with one attached hydrogen (secondary N) is 1. The van der Waals surface area contributed by atoms with Crippen molar-refractivity contribution >= 4 is 46.4 Å². The first kappa shape index (κ1) is 17.6. The van der Waals surface area contributed by atoms with Crippen LogP contribution in [0.5, 0.6) is 5.75 Å². The van der Waals surface area contributed by atoms with Crippen LogP contribution < -0.4 is 5.32 Å². The highest BCUT2D eigenvalue weighted by atomic mass is 35.5. The van der Waals surface area contributed by atoms with Gasteiger partial charge in [-0.25, -0.2) is 4.39 Å². The number of hydrogen-bond donors (Lipinski definition) is 2. The molecule has 0 bridgehead atoms. The number of carbonyl (C=O) groups excluding carboxylic acids is 1. The lowest BCUT2D eigenvalue weighted by Crippen LogP contribution is -2.03. The van der Waals surface area contributed by atoms with E-state index in [-0.39, 0.29) is 27.5 Å². The van der Waals surface area contributed by atoms with Crippen LogP contribution in [0.3, 0.4) is 0 Å². The zero-order chi connectivity index (χ0) is 19.1. The minimum absolute atomic E-state index is 0.0986. The van der Waals surface area contributed by atoms with Crippen molar-refractivity contribution in [3.63, 3.8) is 0 Å². The first-order valence-electron chi connectivity index (χ1n) is 8.04. The Kier molecular flexibility index (Phi) is 4.38. The van der Waals surface area contributed by atoms with E-state index >= 15 is 0 Å². The van der Waals surface area contributed by atoms with Gasteiger partial charge in [-0.05, 0) is 59.2 Å². The van der Waals surface area contributed by atoms with E-state index in [4.69, 9.17) is 23.2 Å². The number of benzene rings is 3. The highest BCUT2D eigenvalue weighted by Gasteiger charge is 2.24. The number of fused-ring (bicyclic) bond motifs is 1. The van der Waals surface area contributed by atoms with Crippen molar-refractivity contribution in [2.75, 3.05) is 5.32 Å². The molecule has 2 N–H and O–H groups in total. The summed E-state index contributed by atoms with van der Waals surface area (Å²) in [6.45, 7) is 0. The normalized spacial score (nSPS) is 14.3. The lowest BCUT2D eigenvalue weighted by molar-refractivity contribution is -0.110. The maximum absolute atomic E-state index is 13.5. The second kappa shape index (κ2) is 6.72. The summed E-state index contributed by atoms with van der Waals surface area (Å²) in [6, 6.07) is 14.7. The van der Waals surface area contributed by atoms with Gasteiger partial charge in [0, 0.05) is 16.8 Å². The van der Waals surface area contributed by atoms with Crippen LogP contribution in [0.1, 0.15) is 11.1 Å². The van der Waals surface area contributed by atoms with E-state index in [1.165, 1.54) is 24.3 Å². The van der Waals surface area contributed by atoms with Gasteiger partial charge >= 0.3 is 0 Å². The van der Waals surface area contributed by atoms with Crippen molar-refractivity contribution in [2.24, 2.45) is 0 Å². The molecular formula is C21H12Cl2FNO2. The Morgan fingerprint density at radius 3 is 2.37 bits per heavy atom. The molecule has 0 atom stereocenters. The molecule has 0 fully saturated rings. The van der Waals surface area contributed by atoms with E-state index < -0.39 is 0 Å². The molecule has 1 heterocycles. The summed E-state index contributed by atoms with van der Waals surface area (Å²) in [5.74, 6) is -0.793. The first-order valence-corrected chi connectivity index (χ1v) is 8.79. The smallest absolute Gasteiger partial charge is 0.256 e. The maximum Gasteiger partial charge on any atom is 0.256 e. The fourth-order valence-corrected chi connectivity index (χ4v) is 3.52. The van der Waals surface area contributed by atoms with E-state index in [1.807, 2.05) is 12.1 Å². The Morgan fingerprint density at radius 2 is 1.67 bits per heavy atom. The Balaban J connectivity index is 1.82. The monoisotopic (exact) mass is 399 g/mol. The van der Waals surface area contributed by atoms with Gasteiger partial charge < -0.3 is 10.4 Å². The second-order valence-corrected chi connectivity index (χ2v) is 6.93. The summed E-state index contributed by atoms with van der Waals surface area (Å²) >= 11 is 11.9. The van der Waals surface area contributed by atoms with E-state index in [2.05, 4.69) is 5.32 Å². The molecule has 0 unspecified atom stereocenters. The Bertz CT molecular complexity index is 1100. The van der Waals surface area contributed by atoms with Crippen LogP contribution in [-0.2, 0) is 4.79 Å². The molecule has 27 heavy (non-hydrogen) atoms. The minimum atomic E-state index is -0.327. The summed E-state index contributed by atoms with van der Waals surface area (Å²) < 4.78 is 13.5. The maximum atomic E-state index is 13.5. The third-order valence-electron chi connectivity index (χ3n) is 4.31. The zero-order valence-electron chi connectivity index (χ0n) is 13.8. The fourth-order valence-electron chi connectivity index (χ4n) is 3.01. The van der Waals surface area contributed by atoms with Crippen molar-refractivity contribution in [1.29, 1.82) is 0 Å². The van der Waals surface area contributed by atoms with Gasteiger partial charge in [0.2, 0.25) is 0 Å². The molecule has 0 spiro atoms. The highest BCUT2D eigenvalue weighted by molar-refractivity contribution is 6.38. The largest absolute Gasteiger partial charge is 0.505 e. The molecule has 0 radical (unpaired) electrons. The fraction of sp³-hybridized carbons (Fsp3) is 0. The van der Waals surface area contributed by atoms with Crippen LogP contribution in [-0.4, -0.2) is 11.0 Å². The van der Waals surface area contributed by atoms with Crippen molar-refractivity contribution in [3.05, 3.63) is 81.6 Å². The summed E-state index contributed by atoms with van der Waals surface area (Å²) in [6.07, 6.45) is 1.65. The molecule has 6 heteroatoms. The van der Waals surface area contributed by atoms with Crippen molar-refractivity contribution in [3.8, 4) is 16.9 Å². The summed E-state index contributed by atoms with van der Waals surface area (Å²) in [7, 11) is 0. The van der Waals surface area contributed by atoms with E-state index in [9.17, 15) is 14.3 Å². The number of rotatable bonds is 2. The van der Waals surface area contributed by atoms with Crippen LogP contribution >= 0.6 is 23.2 Å². The number of aromatic hydroxyl groups is 1. The molecule has 1 aliphatic rings. The van der Waals surface area contributed by atoms with Crippen LogP contribution in [0.4, 0.5) is 10.1 Å². The molecule has 0 aromatic heterocycles. The van der Waals surface area contributed by atoms with Crippen LogP contribution in [0, 0.1) is 5.82 Å². The number of phenols is 1.